The lowest BCUT2D eigenvalue weighted by Crippen LogP contribution is -2.32. The van der Waals surface area contributed by atoms with Crippen molar-refractivity contribution in [2.45, 2.75) is 25.8 Å². The topological polar surface area (TPSA) is 83.5 Å². The van der Waals surface area contributed by atoms with E-state index in [9.17, 15) is 4.79 Å². The van der Waals surface area contributed by atoms with Crippen LogP contribution in [0.25, 0.3) is 0 Å². The first kappa shape index (κ1) is 18.9. The Bertz CT molecular complexity index is 790. The quantitative estimate of drug-likeness (QED) is 0.831. The van der Waals surface area contributed by atoms with Crippen LogP contribution in [0.4, 0.5) is 11.6 Å². The number of carbonyl (C=O) groups is 1. The van der Waals surface area contributed by atoms with Crippen molar-refractivity contribution >= 4 is 17.5 Å². The minimum absolute atomic E-state index is 0.169. The molecule has 0 radical (unpaired) electrons. The van der Waals surface area contributed by atoms with Crippen molar-refractivity contribution in [3.05, 3.63) is 35.7 Å². The van der Waals surface area contributed by atoms with Gasteiger partial charge in [-0.1, -0.05) is 6.07 Å². The zero-order chi connectivity index (χ0) is 19.2. The Balaban J connectivity index is 1.71. The molecule has 1 aromatic heterocycles. The first-order chi connectivity index (χ1) is 13.1. The number of methoxy groups -OCH3 is 1. The number of anilines is 2. The lowest BCUT2D eigenvalue weighted by atomic mass is 10.1. The van der Waals surface area contributed by atoms with Gasteiger partial charge in [0.15, 0.2) is 5.82 Å². The first-order valence-corrected chi connectivity index (χ1v) is 9.16. The van der Waals surface area contributed by atoms with E-state index >= 15 is 0 Å². The van der Waals surface area contributed by atoms with E-state index in [1.807, 2.05) is 37.2 Å². The van der Waals surface area contributed by atoms with Crippen LogP contribution < -0.4 is 19.9 Å². The number of piperidine rings is 1. The summed E-state index contributed by atoms with van der Waals surface area (Å²) in [7, 11) is 5.41. The predicted octanol–water partition coefficient (Wildman–Crippen LogP) is 1.87. The van der Waals surface area contributed by atoms with Crippen LogP contribution in [-0.4, -0.2) is 55.2 Å². The van der Waals surface area contributed by atoms with Crippen LogP contribution in [0, 0.1) is 0 Å². The van der Waals surface area contributed by atoms with E-state index in [4.69, 9.17) is 4.74 Å². The molecule has 0 atom stereocenters. The van der Waals surface area contributed by atoms with Crippen molar-refractivity contribution in [3.8, 4) is 6.01 Å². The molecular weight excluding hydrogens is 344 g/mol. The van der Waals surface area contributed by atoms with Crippen molar-refractivity contribution in [3.63, 3.8) is 0 Å². The van der Waals surface area contributed by atoms with Crippen LogP contribution >= 0.6 is 0 Å². The van der Waals surface area contributed by atoms with E-state index in [0.717, 1.165) is 31.6 Å². The summed E-state index contributed by atoms with van der Waals surface area (Å²) in [5.41, 5.74) is 1.57. The molecule has 0 aliphatic carbocycles. The maximum Gasteiger partial charge on any atom is 0.321 e. The van der Waals surface area contributed by atoms with Gasteiger partial charge in [0, 0.05) is 38.4 Å². The zero-order valence-corrected chi connectivity index (χ0v) is 16.1. The zero-order valence-electron chi connectivity index (χ0n) is 16.1. The largest absolute Gasteiger partial charge is 0.467 e. The Labute approximate surface area is 159 Å². The minimum Gasteiger partial charge on any atom is -0.467 e. The van der Waals surface area contributed by atoms with Crippen molar-refractivity contribution in [2.75, 3.05) is 44.1 Å². The highest BCUT2D eigenvalue weighted by Crippen LogP contribution is 2.18. The van der Waals surface area contributed by atoms with Gasteiger partial charge in [-0.25, -0.2) is 0 Å². The molecule has 1 amide bonds. The van der Waals surface area contributed by atoms with E-state index in [0.29, 0.717) is 17.3 Å². The molecule has 2 aromatic rings. The van der Waals surface area contributed by atoms with Gasteiger partial charge in [-0.3, -0.25) is 4.79 Å². The van der Waals surface area contributed by atoms with Crippen LogP contribution in [0.2, 0.25) is 0 Å². The number of nitrogens with one attached hydrogen (secondary N) is 1. The summed E-state index contributed by atoms with van der Waals surface area (Å²) in [6.45, 7) is 2.07. The second kappa shape index (κ2) is 8.66. The lowest BCUT2D eigenvalue weighted by Gasteiger charge is -2.26. The maximum atomic E-state index is 12.5. The first-order valence-electron chi connectivity index (χ1n) is 9.16. The molecule has 1 N–H and O–H groups in total. The van der Waals surface area contributed by atoms with Gasteiger partial charge < -0.3 is 19.9 Å². The van der Waals surface area contributed by atoms with E-state index in [2.05, 4.69) is 25.2 Å². The van der Waals surface area contributed by atoms with Gasteiger partial charge in [0.2, 0.25) is 5.95 Å². The second-order valence-electron chi connectivity index (χ2n) is 6.71. The van der Waals surface area contributed by atoms with Crippen LogP contribution in [-0.2, 0) is 6.54 Å². The molecule has 1 aromatic carbocycles. The highest BCUT2D eigenvalue weighted by atomic mass is 16.5. The van der Waals surface area contributed by atoms with Crippen molar-refractivity contribution in [1.29, 1.82) is 0 Å². The molecule has 0 bridgehead atoms. The van der Waals surface area contributed by atoms with Gasteiger partial charge in [-0.05, 0) is 37.5 Å². The third-order valence-corrected chi connectivity index (χ3v) is 4.50. The number of ether oxygens (including phenoxy) is 1. The molecule has 1 saturated heterocycles. The highest BCUT2D eigenvalue weighted by molar-refractivity contribution is 5.95. The summed E-state index contributed by atoms with van der Waals surface area (Å²) in [6, 6.07) is 7.73. The molecule has 8 heteroatoms. The van der Waals surface area contributed by atoms with E-state index < -0.39 is 0 Å². The summed E-state index contributed by atoms with van der Waals surface area (Å²) >= 11 is 0. The summed E-state index contributed by atoms with van der Waals surface area (Å²) in [5.74, 6) is 0.928. The third-order valence-electron chi connectivity index (χ3n) is 4.50. The number of amides is 1. The molecule has 1 aliphatic rings. The Morgan fingerprint density at radius 1 is 1.19 bits per heavy atom. The van der Waals surface area contributed by atoms with Crippen LogP contribution in [0.3, 0.4) is 0 Å². The number of hydrogen-bond acceptors (Lipinski definition) is 7. The lowest BCUT2D eigenvalue weighted by molar-refractivity contribution is 0.0949. The summed E-state index contributed by atoms with van der Waals surface area (Å²) < 4.78 is 5.21. The molecular formula is C19H26N6O2. The fourth-order valence-corrected chi connectivity index (χ4v) is 2.98. The average Bonchev–Trinajstić information content (AvgIpc) is 2.72. The van der Waals surface area contributed by atoms with Crippen LogP contribution in [0.1, 0.15) is 35.4 Å². The van der Waals surface area contributed by atoms with Crippen LogP contribution in [0.15, 0.2) is 24.3 Å². The predicted molar refractivity (Wildman–Crippen MR) is 104 cm³/mol. The van der Waals surface area contributed by atoms with Crippen molar-refractivity contribution < 1.29 is 9.53 Å². The third kappa shape index (κ3) is 4.84. The van der Waals surface area contributed by atoms with Crippen LogP contribution in [0.5, 0.6) is 6.01 Å². The number of nitrogens with zero attached hydrogens (tertiary/aromatic N) is 5. The fraction of sp³-hybridized carbons (Fsp3) is 0.474. The molecule has 3 rings (SSSR count). The van der Waals surface area contributed by atoms with Crippen molar-refractivity contribution in [1.82, 2.24) is 20.3 Å². The number of aromatic nitrogens is 3. The summed E-state index contributed by atoms with van der Waals surface area (Å²) in [6.07, 6.45) is 3.48. The monoisotopic (exact) mass is 370 g/mol. The van der Waals surface area contributed by atoms with Gasteiger partial charge in [0.1, 0.15) is 0 Å². The molecule has 0 unspecified atom stereocenters. The molecule has 8 nitrogen and oxygen atoms in total. The van der Waals surface area contributed by atoms with Gasteiger partial charge >= 0.3 is 6.01 Å². The Morgan fingerprint density at radius 2 is 1.96 bits per heavy atom. The van der Waals surface area contributed by atoms with Gasteiger partial charge in [-0.15, -0.1) is 0 Å². The molecule has 2 heterocycles. The van der Waals surface area contributed by atoms with E-state index in [1.165, 1.54) is 13.5 Å². The smallest absolute Gasteiger partial charge is 0.321 e. The number of carbonyl (C=O) groups excluding carboxylic acids is 1. The Kier molecular flexibility index (Phi) is 6.05. The molecule has 144 valence electrons. The Hall–Kier alpha value is -2.90. The van der Waals surface area contributed by atoms with E-state index in [1.54, 1.807) is 6.07 Å². The molecule has 0 spiro atoms. The molecule has 1 aliphatic heterocycles. The SMILES string of the molecule is COc1nc(CNC(=O)c2cccc(N(C)C)c2)nc(N2CCCCC2)n1. The molecule has 1 fully saturated rings. The highest BCUT2D eigenvalue weighted by Gasteiger charge is 2.17. The summed E-state index contributed by atoms with van der Waals surface area (Å²) in [5, 5.41) is 2.88. The van der Waals surface area contributed by atoms with Crippen molar-refractivity contribution in [2.24, 2.45) is 0 Å². The standard InChI is InChI=1S/C19H26N6O2/c1-24(2)15-9-7-8-14(12-15)17(26)20-13-16-21-18(23-19(22-16)27-3)25-10-5-4-6-11-25/h7-9,12H,4-6,10-11,13H2,1-3H3,(H,20,26). The fourth-order valence-electron chi connectivity index (χ4n) is 2.98. The normalized spacial score (nSPS) is 14.0. The summed E-state index contributed by atoms with van der Waals surface area (Å²) in [4.78, 5) is 29.7. The number of hydrogen-bond donors (Lipinski definition) is 1. The molecule has 0 saturated carbocycles. The minimum atomic E-state index is -0.169. The van der Waals surface area contributed by atoms with Gasteiger partial charge in [0.05, 0.1) is 13.7 Å². The number of benzene rings is 1. The van der Waals surface area contributed by atoms with Gasteiger partial charge in [0.25, 0.3) is 5.91 Å². The Morgan fingerprint density at radius 3 is 2.67 bits per heavy atom. The van der Waals surface area contributed by atoms with Gasteiger partial charge in [-0.2, -0.15) is 15.0 Å². The van der Waals surface area contributed by atoms with E-state index in [-0.39, 0.29) is 18.5 Å². The maximum absolute atomic E-state index is 12.5. The number of rotatable bonds is 6. The second-order valence-corrected chi connectivity index (χ2v) is 6.71. The molecule has 27 heavy (non-hydrogen) atoms. The average molecular weight is 370 g/mol.